The van der Waals surface area contributed by atoms with E-state index in [1.165, 1.54) is 14.0 Å². The number of hydrogen-bond acceptors (Lipinski definition) is 12. The minimum absolute atomic E-state index is 0. The summed E-state index contributed by atoms with van der Waals surface area (Å²) in [6.45, 7) is 4.68. The third-order valence-corrected chi connectivity index (χ3v) is 13.2. The van der Waals surface area contributed by atoms with Gasteiger partial charge in [0.2, 0.25) is 0 Å². The second kappa shape index (κ2) is 12.0. The maximum absolute atomic E-state index is 13.8. The molecular formula is C34H48BrNO11. The van der Waals surface area contributed by atoms with Crippen molar-refractivity contribution >= 4 is 28.9 Å². The maximum atomic E-state index is 13.8. The van der Waals surface area contributed by atoms with Crippen molar-refractivity contribution in [3.63, 3.8) is 0 Å². The number of esters is 2. The van der Waals surface area contributed by atoms with Crippen LogP contribution in [0.2, 0.25) is 0 Å². The molecule has 0 aromatic heterocycles. The molecule has 6 fully saturated rings. The molecule has 0 unspecified atom stereocenters. The standard InChI is InChI=1S/C34H47NO11.BrH/c1-7-35-15-31(16-41-3)20(37)13-21(42-4)33-19-14-32(40)28(45-30(39)18-11-9-8-10-12-18)22(19)34(46-17(2)36,27(38)29(32)44-6)23(26(33)35)24(43-5)25(31)33;/h8-12,19-29,37-38,40H,7,13-16H2,1-6H3;1H/t19-,20-,21+,22-,23+,24+,25-,26-,27+,28-,29+,31+,32-,33+,34-;/m1./s1. The van der Waals surface area contributed by atoms with Crippen molar-refractivity contribution in [3.8, 4) is 0 Å². The van der Waals surface area contributed by atoms with Crippen LogP contribution in [0.4, 0.5) is 0 Å². The predicted octanol–water partition coefficient (Wildman–Crippen LogP) is 1.23. The minimum Gasteiger partial charge on any atom is -0.455 e. The normalized spacial score (nSPS) is 48.8. The first kappa shape index (κ1) is 35.2. The number of ether oxygens (including phenoxy) is 6. The smallest absolute Gasteiger partial charge is 0.338 e. The molecule has 6 aliphatic rings. The van der Waals surface area contributed by atoms with Crippen LogP contribution in [-0.4, -0.2) is 134 Å². The van der Waals surface area contributed by atoms with E-state index in [1.807, 2.05) is 6.92 Å². The number of aliphatic hydroxyl groups is 3. The number of likely N-dealkylation sites (tertiary alicyclic amines) is 1. The number of piperidine rings is 1. The Bertz CT molecular complexity index is 1370. The van der Waals surface area contributed by atoms with E-state index < -0.39 is 88.3 Å². The zero-order chi connectivity index (χ0) is 33.0. The van der Waals surface area contributed by atoms with Crippen molar-refractivity contribution in [1.82, 2.24) is 4.90 Å². The van der Waals surface area contributed by atoms with E-state index in [2.05, 4.69) is 4.90 Å². The monoisotopic (exact) mass is 725 g/mol. The van der Waals surface area contributed by atoms with E-state index in [9.17, 15) is 24.9 Å². The topological polar surface area (TPSA) is 153 Å². The summed E-state index contributed by atoms with van der Waals surface area (Å²) in [5, 5.41) is 37.3. The summed E-state index contributed by atoms with van der Waals surface area (Å²) < 4.78 is 37.4. The van der Waals surface area contributed by atoms with Crippen molar-refractivity contribution in [3.05, 3.63) is 35.9 Å². The number of methoxy groups -OCH3 is 4. The maximum Gasteiger partial charge on any atom is 0.338 e. The Balaban J connectivity index is 0.00000386. The number of nitrogens with zero attached hydrogens (tertiary/aromatic N) is 1. The minimum atomic E-state index is -1.83. The summed E-state index contributed by atoms with van der Waals surface area (Å²) in [7, 11) is 6.27. The van der Waals surface area contributed by atoms with Crippen LogP contribution in [0.25, 0.3) is 0 Å². The molecule has 7 bridgehead atoms. The molecule has 47 heavy (non-hydrogen) atoms. The van der Waals surface area contributed by atoms with Gasteiger partial charge in [0.05, 0.1) is 30.5 Å². The van der Waals surface area contributed by atoms with E-state index in [0.29, 0.717) is 25.1 Å². The predicted molar refractivity (Wildman–Crippen MR) is 171 cm³/mol. The second-order valence-corrected chi connectivity index (χ2v) is 14.4. The second-order valence-electron chi connectivity index (χ2n) is 14.4. The first-order valence-corrected chi connectivity index (χ1v) is 16.3. The first-order chi connectivity index (χ1) is 22.0. The van der Waals surface area contributed by atoms with Crippen LogP contribution >= 0.6 is 17.0 Å². The number of halogens is 1. The summed E-state index contributed by atoms with van der Waals surface area (Å²) in [4.78, 5) is 29.3. The van der Waals surface area contributed by atoms with E-state index in [4.69, 9.17) is 28.4 Å². The molecule has 5 saturated carbocycles. The molecule has 1 spiro atoms. The Morgan fingerprint density at radius 1 is 1.00 bits per heavy atom. The van der Waals surface area contributed by atoms with Crippen molar-refractivity contribution in [2.24, 2.45) is 34.5 Å². The highest BCUT2D eigenvalue weighted by atomic mass is 79.9. The average Bonchev–Trinajstić information content (AvgIpc) is 3.41. The Labute approximate surface area is 285 Å². The summed E-state index contributed by atoms with van der Waals surface area (Å²) in [6.07, 6.45) is -5.49. The van der Waals surface area contributed by atoms with Crippen LogP contribution in [0.5, 0.6) is 0 Å². The summed E-state index contributed by atoms with van der Waals surface area (Å²) in [5.41, 5.74) is -4.79. The molecule has 5 aliphatic carbocycles. The highest BCUT2D eigenvalue weighted by Gasteiger charge is 2.92. The van der Waals surface area contributed by atoms with Gasteiger partial charge in [-0.1, -0.05) is 25.1 Å². The fraction of sp³-hybridized carbons (Fsp3) is 0.765. The molecule has 13 heteroatoms. The van der Waals surface area contributed by atoms with Gasteiger partial charge in [0.1, 0.15) is 23.9 Å². The van der Waals surface area contributed by atoms with Crippen LogP contribution in [0.1, 0.15) is 37.0 Å². The van der Waals surface area contributed by atoms with Gasteiger partial charge in [-0.05, 0) is 31.0 Å². The molecule has 0 radical (unpaired) electrons. The van der Waals surface area contributed by atoms with Crippen LogP contribution in [-0.2, 0) is 33.2 Å². The fourth-order valence-corrected chi connectivity index (χ4v) is 12.3. The Hall–Kier alpha value is -1.68. The highest BCUT2D eigenvalue weighted by Crippen LogP contribution is 2.80. The zero-order valence-electron chi connectivity index (χ0n) is 27.7. The molecule has 0 amide bonds. The van der Waals surface area contributed by atoms with Gasteiger partial charge in [-0.2, -0.15) is 0 Å². The summed E-state index contributed by atoms with van der Waals surface area (Å²) >= 11 is 0. The number of carbonyl (C=O) groups excluding carboxylic acids is 2. The lowest BCUT2D eigenvalue weighted by Crippen LogP contribution is -2.81. The Kier molecular flexibility index (Phi) is 8.96. The molecule has 1 aromatic rings. The molecule has 7 rings (SSSR count). The summed E-state index contributed by atoms with van der Waals surface area (Å²) in [5.74, 6) is -3.65. The number of benzene rings is 1. The first-order valence-electron chi connectivity index (χ1n) is 16.3. The van der Waals surface area contributed by atoms with Gasteiger partial charge in [-0.25, -0.2) is 4.79 Å². The number of rotatable bonds is 9. The van der Waals surface area contributed by atoms with Gasteiger partial charge >= 0.3 is 11.9 Å². The van der Waals surface area contributed by atoms with Gasteiger partial charge < -0.3 is 43.7 Å². The summed E-state index contributed by atoms with van der Waals surface area (Å²) in [6, 6.07) is 8.18. The Morgan fingerprint density at radius 2 is 1.70 bits per heavy atom. The fourth-order valence-electron chi connectivity index (χ4n) is 12.3. The molecule has 1 aliphatic heterocycles. The number of aliphatic hydroxyl groups excluding tert-OH is 2. The van der Waals surface area contributed by atoms with E-state index >= 15 is 0 Å². The van der Waals surface area contributed by atoms with Crippen molar-refractivity contribution in [2.75, 3.05) is 48.1 Å². The van der Waals surface area contributed by atoms with Gasteiger partial charge in [0.15, 0.2) is 5.60 Å². The number of fused-ring (bicyclic) bond motifs is 2. The van der Waals surface area contributed by atoms with E-state index in [-0.39, 0.29) is 42.0 Å². The van der Waals surface area contributed by atoms with Gasteiger partial charge in [0.25, 0.3) is 0 Å². The quantitative estimate of drug-likeness (QED) is 0.314. The molecule has 15 atom stereocenters. The molecule has 12 nitrogen and oxygen atoms in total. The SMILES string of the molecule is Br.CCN1C[C@]2(COC)[C@H](O)C[C@H](OC)[C@@]34[C@@H]5C[C@@]6(O)[C@H](OC(=O)c7ccccc7)[C@@H]5[C@@](OC(C)=O)([C@@H]([C@H](OC)[C@H]23)[C@@H]14)[C@@H](O)[C@@H]6OC. The Morgan fingerprint density at radius 3 is 2.28 bits per heavy atom. The van der Waals surface area contributed by atoms with Crippen molar-refractivity contribution in [2.45, 2.75) is 80.6 Å². The van der Waals surface area contributed by atoms with Gasteiger partial charge in [-0.3, -0.25) is 9.69 Å². The molecule has 3 N–H and O–H groups in total. The lowest BCUT2D eigenvalue weighted by Gasteiger charge is -2.70. The molecule has 1 aromatic carbocycles. The number of carbonyl (C=O) groups is 2. The van der Waals surface area contributed by atoms with Gasteiger partial charge in [0, 0.05) is 83.0 Å². The highest BCUT2D eigenvalue weighted by molar-refractivity contribution is 8.93. The number of hydrogen-bond donors (Lipinski definition) is 3. The largest absolute Gasteiger partial charge is 0.455 e. The van der Waals surface area contributed by atoms with Crippen LogP contribution in [0.15, 0.2) is 30.3 Å². The lowest BCUT2D eigenvalue weighted by atomic mass is 9.42. The third kappa shape index (κ3) is 4.09. The molecule has 1 heterocycles. The van der Waals surface area contributed by atoms with Crippen molar-refractivity contribution in [1.29, 1.82) is 0 Å². The van der Waals surface area contributed by atoms with Crippen LogP contribution in [0.3, 0.4) is 0 Å². The molecular weight excluding hydrogens is 678 g/mol. The van der Waals surface area contributed by atoms with E-state index in [1.54, 1.807) is 51.7 Å². The molecule has 1 saturated heterocycles. The molecule has 262 valence electrons. The van der Waals surface area contributed by atoms with E-state index in [0.717, 1.165) is 0 Å². The zero-order valence-corrected chi connectivity index (χ0v) is 29.4. The third-order valence-electron chi connectivity index (χ3n) is 13.2. The van der Waals surface area contributed by atoms with Crippen LogP contribution < -0.4 is 0 Å². The van der Waals surface area contributed by atoms with Crippen molar-refractivity contribution < 1.29 is 53.3 Å². The van der Waals surface area contributed by atoms with Crippen LogP contribution in [0, 0.1) is 34.5 Å². The lowest BCUT2D eigenvalue weighted by molar-refractivity contribution is -0.322. The average molecular weight is 727 g/mol. The van der Waals surface area contributed by atoms with Gasteiger partial charge in [-0.15, -0.1) is 17.0 Å².